The molecule has 0 aliphatic heterocycles. The van der Waals surface area contributed by atoms with Gasteiger partial charge in [0.05, 0.1) is 0 Å². The molecule has 0 radical (unpaired) electrons. The van der Waals surface area contributed by atoms with Gasteiger partial charge in [0.1, 0.15) is 0 Å². The third-order valence-electron chi connectivity index (χ3n) is 0. The molecule has 0 heterocycles. The second-order valence-electron chi connectivity index (χ2n) is 0. The van der Waals surface area contributed by atoms with E-state index >= 15 is 0 Å². The van der Waals surface area contributed by atoms with Crippen molar-refractivity contribution in [1.82, 2.24) is 0 Å². The van der Waals surface area contributed by atoms with Crippen LogP contribution in [0.15, 0.2) is 0 Å². The summed E-state index contributed by atoms with van der Waals surface area (Å²) in [6.07, 6.45) is 0. The Morgan fingerprint density at radius 1 is 0.500 bits per heavy atom. The molecule has 6 heteroatoms. The van der Waals surface area contributed by atoms with Crippen LogP contribution in [0, 0.1) is 0 Å². The Morgan fingerprint density at radius 3 is 0.500 bits per heavy atom. The molecule has 0 atom stereocenters. The Hall–Kier alpha value is 1.26. The molecule has 0 amide bonds. The zero-order valence-corrected chi connectivity index (χ0v) is 6.43. The molecular formula is H4CrO4Zr. The van der Waals surface area contributed by atoms with Crippen molar-refractivity contribution in [3.8, 4) is 0 Å². The van der Waals surface area contributed by atoms with Crippen molar-refractivity contribution in [1.29, 1.82) is 0 Å². The molecule has 0 aromatic carbocycles. The number of rotatable bonds is 0. The third-order valence-corrected chi connectivity index (χ3v) is 0. The van der Waals surface area contributed by atoms with E-state index in [0.717, 1.165) is 0 Å². The first kappa shape index (κ1) is 180. The van der Waals surface area contributed by atoms with Crippen LogP contribution in [-0.4, -0.2) is 21.9 Å². The van der Waals surface area contributed by atoms with Crippen LogP contribution in [0.2, 0.25) is 0 Å². The fraction of sp³-hybridized carbons (Fsp3) is 0. The van der Waals surface area contributed by atoms with Gasteiger partial charge in [-0.2, -0.15) is 0 Å². The van der Waals surface area contributed by atoms with Crippen LogP contribution in [0.25, 0.3) is 0 Å². The van der Waals surface area contributed by atoms with E-state index in [0.29, 0.717) is 0 Å². The van der Waals surface area contributed by atoms with Crippen LogP contribution < -0.4 is 0 Å². The Bertz CT molecular complexity index is 7.51. The van der Waals surface area contributed by atoms with E-state index in [1.54, 1.807) is 0 Å². The first-order valence-electron chi connectivity index (χ1n) is 0. The summed E-state index contributed by atoms with van der Waals surface area (Å²) in [5, 5.41) is 0. The van der Waals surface area contributed by atoms with Crippen molar-refractivity contribution < 1.29 is 65.5 Å². The van der Waals surface area contributed by atoms with Crippen molar-refractivity contribution in [2.75, 3.05) is 0 Å². The van der Waals surface area contributed by atoms with Gasteiger partial charge in [0, 0.05) is 17.4 Å². The molecule has 0 unspecified atom stereocenters. The van der Waals surface area contributed by atoms with E-state index in [1.807, 2.05) is 0 Å². The predicted molar refractivity (Wildman–Crippen MR) is 7.74 cm³/mol. The average Bonchev–Trinajstić information content (AvgIpc) is 0. The quantitative estimate of drug-likeness (QED) is 0.525. The minimum absolute atomic E-state index is 0. The number of hydrogen-bond acceptors (Lipinski definition) is 4. The molecule has 0 aliphatic carbocycles. The summed E-state index contributed by atoms with van der Waals surface area (Å²) < 4.78 is 0. The molecule has 0 fully saturated rings. The maximum absolute atomic E-state index is 0. The van der Waals surface area contributed by atoms with Gasteiger partial charge >= 0.3 is 26.2 Å². The minimum Gasteiger partial charge on any atom is -0.870 e. The average molecular weight is 211 g/mol. The largest absolute Gasteiger partial charge is 4.00 e. The van der Waals surface area contributed by atoms with E-state index in [-0.39, 0.29) is 65.5 Å². The molecule has 0 saturated carbocycles. The van der Waals surface area contributed by atoms with Crippen molar-refractivity contribution in [3.05, 3.63) is 0 Å². The van der Waals surface area contributed by atoms with Gasteiger partial charge in [0.2, 0.25) is 0 Å². The maximum Gasteiger partial charge on any atom is 4.00 e. The van der Waals surface area contributed by atoms with Gasteiger partial charge in [-0.1, -0.05) is 0 Å². The zero-order valence-electron chi connectivity index (χ0n) is 2.70. The minimum atomic E-state index is 0. The SMILES string of the molecule is [Cr].[OH-].[OH-].[OH-].[OH-].[Zr+4]. The van der Waals surface area contributed by atoms with Gasteiger partial charge in [-0.3, -0.25) is 0 Å². The van der Waals surface area contributed by atoms with E-state index in [1.165, 1.54) is 0 Å². The fourth-order valence-electron chi connectivity index (χ4n) is 0. The van der Waals surface area contributed by atoms with Gasteiger partial charge in [-0.05, 0) is 0 Å². The summed E-state index contributed by atoms with van der Waals surface area (Å²) in [5.74, 6) is 0. The van der Waals surface area contributed by atoms with E-state index in [2.05, 4.69) is 0 Å². The topological polar surface area (TPSA) is 120 Å². The summed E-state index contributed by atoms with van der Waals surface area (Å²) in [4.78, 5) is 0. The smallest absolute Gasteiger partial charge is 0.870 e. The summed E-state index contributed by atoms with van der Waals surface area (Å²) in [5.41, 5.74) is 0. The van der Waals surface area contributed by atoms with Crippen LogP contribution in [0.4, 0.5) is 0 Å². The van der Waals surface area contributed by atoms with Gasteiger partial charge in [0.25, 0.3) is 0 Å². The summed E-state index contributed by atoms with van der Waals surface area (Å²) >= 11 is 0. The molecule has 4 nitrogen and oxygen atoms in total. The molecule has 0 aromatic heterocycles. The summed E-state index contributed by atoms with van der Waals surface area (Å²) in [6, 6.07) is 0. The maximum atomic E-state index is 0. The first-order chi connectivity index (χ1) is 0. The van der Waals surface area contributed by atoms with Crippen molar-refractivity contribution in [2.24, 2.45) is 0 Å². The standard InChI is InChI=1S/Cr.4H2O.Zr/h;4*1H2;/q;;;;;+4/p-4. The van der Waals surface area contributed by atoms with E-state index in [4.69, 9.17) is 0 Å². The van der Waals surface area contributed by atoms with Crippen molar-refractivity contribution in [2.45, 2.75) is 0 Å². The van der Waals surface area contributed by atoms with Gasteiger partial charge < -0.3 is 21.9 Å². The Labute approximate surface area is 65.4 Å². The second-order valence-corrected chi connectivity index (χ2v) is 0. The summed E-state index contributed by atoms with van der Waals surface area (Å²) in [7, 11) is 0. The second kappa shape index (κ2) is 110. The number of hydrogen-bond donors (Lipinski definition) is 0. The van der Waals surface area contributed by atoms with Crippen LogP contribution in [0.5, 0.6) is 0 Å². The monoisotopic (exact) mass is 210 g/mol. The third kappa shape index (κ3) is 60.4. The zero-order chi connectivity index (χ0) is 0. The van der Waals surface area contributed by atoms with Crippen LogP contribution >= 0.6 is 0 Å². The molecule has 0 aliphatic rings. The van der Waals surface area contributed by atoms with Gasteiger partial charge in [-0.15, -0.1) is 0 Å². The fourth-order valence-corrected chi connectivity index (χ4v) is 0. The predicted octanol–water partition coefficient (Wildman–Crippen LogP) is -0.712. The Morgan fingerprint density at radius 2 is 0.500 bits per heavy atom. The molecule has 0 spiro atoms. The van der Waals surface area contributed by atoms with Crippen LogP contribution in [-0.2, 0) is 43.6 Å². The normalized spacial score (nSPS) is 0. The molecule has 0 bridgehead atoms. The van der Waals surface area contributed by atoms with Crippen molar-refractivity contribution >= 4 is 0 Å². The molecule has 6 heavy (non-hydrogen) atoms. The van der Waals surface area contributed by atoms with Crippen LogP contribution in [0.3, 0.4) is 0 Å². The van der Waals surface area contributed by atoms with Gasteiger partial charge in [0.15, 0.2) is 0 Å². The molecule has 38 valence electrons. The van der Waals surface area contributed by atoms with Crippen LogP contribution in [0.1, 0.15) is 0 Å². The van der Waals surface area contributed by atoms with E-state index in [9.17, 15) is 0 Å². The molecule has 4 N–H and O–H groups in total. The molecule has 0 saturated heterocycles. The molecular weight excluding hydrogens is 207 g/mol. The molecule has 0 rings (SSSR count). The van der Waals surface area contributed by atoms with E-state index < -0.39 is 0 Å². The Balaban J connectivity index is 0. The summed E-state index contributed by atoms with van der Waals surface area (Å²) in [6.45, 7) is 0. The van der Waals surface area contributed by atoms with Crippen molar-refractivity contribution in [3.63, 3.8) is 0 Å². The first-order valence-corrected chi connectivity index (χ1v) is 0. The Kier molecular flexibility index (Phi) is 3290. The van der Waals surface area contributed by atoms with Gasteiger partial charge in [-0.25, -0.2) is 0 Å². The molecule has 0 aromatic rings.